The third kappa shape index (κ3) is 3.73. The second kappa shape index (κ2) is 8.09. The number of hydrogen-bond donors (Lipinski definition) is 2. The van der Waals surface area contributed by atoms with Crippen LogP contribution in [0.5, 0.6) is 0 Å². The maximum absolute atomic E-state index is 13.0. The van der Waals surface area contributed by atoms with E-state index in [9.17, 15) is 19.2 Å². The molecule has 35 heavy (non-hydrogen) atoms. The topological polar surface area (TPSA) is 139 Å². The molecule has 0 radical (unpaired) electrons. The minimum Gasteiger partial charge on any atom is -0.322 e. The summed E-state index contributed by atoms with van der Waals surface area (Å²) >= 11 is 1.52. The lowest BCUT2D eigenvalue weighted by atomic mass is 10.0. The molecule has 2 aromatic heterocycles. The Morgan fingerprint density at radius 3 is 2.89 bits per heavy atom. The SMILES string of the molecule is O=C1CCC(N2Cc3ccc(-n4cc(C(=O)Nc5ccc6scnc6c5)nn4)cc3C2=O)C(=O)N1. The smallest absolute Gasteiger partial charge is 0.277 e. The van der Waals surface area contributed by atoms with Gasteiger partial charge in [-0.15, -0.1) is 16.4 Å². The number of nitrogens with one attached hydrogen (secondary N) is 2. The van der Waals surface area contributed by atoms with Crippen molar-refractivity contribution in [2.24, 2.45) is 0 Å². The molecule has 1 unspecified atom stereocenters. The summed E-state index contributed by atoms with van der Waals surface area (Å²) in [5, 5.41) is 13.1. The predicted octanol–water partition coefficient (Wildman–Crippen LogP) is 1.89. The normalized spacial score (nSPS) is 17.5. The first kappa shape index (κ1) is 21.1. The maximum Gasteiger partial charge on any atom is 0.277 e. The van der Waals surface area contributed by atoms with Crippen LogP contribution in [-0.2, 0) is 16.1 Å². The Hall–Kier alpha value is -4.45. The molecule has 1 saturated heterocycles. The molecule has 0 aliphatic carbocycles. The summed E-state index contributed by atoms with van der Waals surface area (Å²) in [6, 6.07) is 10.0. The van der Waals surface area contributed by atoms with Crippen molar-refractivity contribution >= 4 is 50.9 Å². The van der Waals surface area contributed by atoms with E-state index in [1.807, 2.05) is 6.07 Å². The molecule has 6 rings (SSSR count). The van der Waals surface area contributed by atoms with Crippen LogP contribution in [0.2, 0.25) is 0 Å². The van der Waals surface area contributed by atoms with E-state index in [2.05, 4.69) is 25.9 Å². The highest BCUT2D eigenvalue weighted by atomic mass is 32.1. The van der Waals surface area contributed by atoms with Crippen LogP contribution >= 0.6 is 11.3 Å². The van der Waals surface area contributed by atoms with Gasteiger partial charge >= 0.3 is 0 Å². The maximum atomic E-state index is 13.0. The lowest BCUT2D eigenvalue weighted by Crippen LogP contribution is -2.52. The Morgan fingerprint density at radius 1 is 1.14 bits per heavy atom. The molecule has 2 aliphatic rings. The summed E-state index contributed by atoms with van der Waals surface area (Å²) in [5.74, 6) is -1.49. The van der Waals surface area contributed by atoms with Gasteiger partial charge in [0, 0.05) is 24.2 Å². The standard InChI is InChI=1S/C23H17N7O4S/c31-20-6-4-18(22(33)26-20)29-9-12-1-3-14(8-15(12)23(29)34)30-10-17(27-28-30)21(32)25-13-2-5-19-16(7-13)24-11-35-19/h1-3,5,7-8,10-11,18H,4,6,9H2,(H,25,32)(H,26,31,33). The summed E-state index contributed by atoms with van der Waals surface area (Å²) in [5.41, 5.74) is 5.03. The monoisotopic (exact) mass is 487 g/mol. The van der Waals surface area contributed by atoms with Crippen LogP contribution in [0.1, 0.15) is 39.3 Å². The molecule has 2 N–H and O–H groups in total. The largest absolute Gasteiger partial charge is 0.322 e. The molecule has 4 amide bonds. The van der Waals surface area contributed by atoms with E-state index in [0.29, 0.717) is 23.4 Å². The highest BCUT2D eigenvalue weighted by Crippen LogP contribution is 2.29. The fourth-order valence-corrected chi connectivity index (χ4v) is 4.97. The molecule has 12 heteroatoms. The predicted molar refractivity (Wildman–Crippen MR) is 125 cm³/mol. The zero-order valence-electron chi connectivity index (χ0n) is 18.1. The van der Waals surface area contributed by atoms with Crippen molar-refractivity contribution in [2.45, 2.75) is 25.4 Å². The zero-order valence-corrected chi connectivity index (χ0v) is 18.9. The number of fused-ring (bicyclic) bond motifs is 2. The summed E-state index contributed by atoms with van der Waals surface area (Å²) in [6.07, 6.45) is 1.98. The Morgan fingerprint density at radius 2 is 2.03 bits per heavy atom. The number of benzene rings is 2. The Bertz CT molecular complexity index is 1540. The van der Waals surface area contributed by atoms with Crippen LogP contribution in [0.3, 0.4) is 0 Å². The number of thiazole rings is 1. The molecule has 1 fully saturated rings. The molecule has 0 spiro atoms. The molecule has 174 valence electrons. The average molecular weight is 488 g/mol. The van der Waals surface area contributed by atoms with Crippen molar-refractivity contribution in [1.29, 1.82) is 0 Å². The van der Waals surface area contributed by atoms with Crippen molar-refractivity contribution in [2.75, 3.05) is 5.32 Å². The number of imide groups is 1. The van der Waals surface area contributed by atoms with Gasteiger partial charge in [-0.3, -0.25) is 24.5 Å². The second-order valence-electron chi connectivity index (χ2n) is 8.28. The third-order valence-corrected chi connectivity index (χ3v) is 6.90. The van der Waals surface area contributed by atoms with E-state index >= 15 is 0 Å². The molecule has 4 heterocycles. The van der Waals surface area contributed by atoms with Crippen LogP contribution in [-0.4, -0.2) is 54.5 Å². The first-order valence-electron chi connectivity index (χ1n) is 10.8. The summed E-state index contributed by atoms with van der Waals surface area (Å²) in [7, 11) is 0. The number of carbonyl (C=O) groups excluding carboxylic acids is 4. The number of hydrogen-bond acceptors (Lipinski definition) is 8. The first-order chi connectivity index (χ1) is 17.0. The molecular formula is C23H17N7O4S. The van der Waals surface area contributed by atoms with Gasteiger partial charge in [-0.2, -0.15) is 0 Å². The molecule has 2 aliphatic heterocycles. The van der Waals surface area contributed by atoms with E-state index in [4.69, 9.17) is 0 Å². The molecule has 0 saturated carbocycles. The molecular weight excluding hydrogens is 470 g/mol. The van der Waals surface area contributed by atoms with Gasteiger partial charge in [0.25, 0.3) is 11.8 Å². The van der Waals surface area contributed by atoms with Gasteiger partial charge in [0.1, 0.15) is 6.04 Å². The van der Waals surface area contributed by atoms with Crippen LogP contribution in [0.4, 0.5) is 5.69 Å². The zero-order chi connectivity index (χ0) is 24.1. The van der Waals surface area contributed by atoms with E-state index in [0.717, 1.165) is 15.8 Å². The summed E-state index contributed by atoms with van der Waals surface area (Å²) < 4.78 is 2.44. The van der Waals surface area contributed by atoms with E-state index in [-0.39, 0.29) is 30.5 Å². The quantitative estimate of drug-likeness (QED) is 0.419. The van der Waals surface area contributed by atoms with Gasteiger partial charge in [0.15, 0.2) is 5.69 Å². The van der Waals surface area contributed by atoms with Gasteiger partial charge < -0.3 is 10.2 Å². The summed E-state index contributed by atoms with van der Waals surface area (Å²) in [4.78, 5) is 55.1. The highest BCUT2D eigenvalue weighted by molar-refractivity contribution is 7.16. The number of anilines is 1. The number of amides is 4. The van der Waals surface area contributed by atoms with Gasteiger partial charge in [-0.05, 0) is 42.3 Å². The number of carbonyl (C=O) groups is 4. The van der Waals surface area contributed by atoms with Crippen molar-refractivity contribution in [3.05, 3.63) is 64.9 Å². The summed E-state index contributed by atoms with van der Waals surface area (Å²) in [6.45, 7) is 0.287. The van der Waals surface area contributed by atoms with Crippen molar-refractivity contribution < 1.29 is 19.2 Å². The van der Waals surface area contributed by atoms with E-state index in [1.165, 1.54) is 27.1 Å². The van der Waals surface area contributed by atoms with E-state index in [1.54, 1.807) is 35.8 Å². The van der Waals surface area contributed by atoms with E-state index < -0.39 is 17.9 Å². The van der Waals surface area contributed by atoms with Crippen LogP contribution in [0.15, 0.2) is 48.1 Å². The molecule has 11 nitrogen and oxygen atoms in total. The number of aromatic nitrogens is 4. The third-order valence-electron chi connectivity index (χ3n) is 6.09. The lowest BCUT2D eigenvalue weighted by Gasteiger charge is -2.29. The number of rotatable bonds is 4. The minimum absolute atomic E-state index is 0.111. The Labute approximate surface area is 201 Å². The van der Waals surface area contributed by atoms with Crippen LogP contribution in [0.25, 0.3) is 15.9 Å². The molecule has 0 bridgehead atoms. The van der Waals surface area contributed by atoms with Crippen molar-refractivity contribution in [1.82, 2.24) is 30.2 Å². The number of nitrogens with zero attached hydrogens (tertiary/aromatic N) is 5. The fraction of sp³-hybridized carbons (Fsp3) is 0.174. The fourth-order valence-electron chi connectivity index (χ4n) is 4.31. The molecule has 4 aromatic rings. The molecule has 1 atom stereocenters. The Kier molecular flexibility index (Phi) is 4.88. The van der Waals surface area contributed by atoms with Gasteiger partial charge in [0.2, 0.25) is 11.8 Å². The Balaban J connectivity index is 1.20. The highest BCUT2D eigenvalue weighted by Gasteiger charge is 2.39. The first-order valence-corrected chi connectivity index (χ1v) is 11.7. The van der Waals surface area contributed by atoms with Gasteiger partial charge in [-0.25, -0.2) is 9.67 Å². The van der Waals surface area contributed by atoms with Crippen LogP contribution < -0.4 is 10.6 Å². The number of piperidine rings is 1. The second-order valence-corrected chi connectivity index (χ2v) is 9.17. The van der Waals surface area contributed by atoms with Crippen molar-refractivity contribution in [3.63, 3.8) is 0 Å². The average Bonchev–Trinajstić information content (AvgIpc) is 3.58. The van der Waals surface area contributed by atoms with Crippen LogP contribution in [0, 0.1) is 0 Å². The minimum atomic E-state index is -0.679. The van der Waals surface area contributed by atoms with Crippen molar-refractivity contribution in [3.8, 4) is 5.69 Å². The lowest BCUT2D eigenvalue weighted by molar-refractivity contribution is -0.136. The van der Waals surface area contributed by atoms with Gasteiger partial charge in [0.05, 0.1) is 27.6 Å². The molecule has 2 aromatic carbocycles. The van der Waals surface area contributed by atoms with Gasteiger partial charge in [-0.1, -0.05) is 11.3 Å².